The van der Waals surface area contributed by atoms with Crippen LogP contribution in [0.5, 0.6) is 0 Å². The fourth-order valence-electron chi connectivity index (χ4n) is 2.56. The van der Waals surface area contributed by atoms with Gasteiger partial charge in [-0.1, -0.05) is 11.6 Å². The van der Waals surface area contributed by atoms with E-state index in [1.165, 1.54) is 18.5 Å². The zero-order valence-electron chi connectivity index (χ0n) is 11.7. The van der Waals surface area contributed by atoms with E-state index in [0.717, 1.165) is 29.7 Å². The average molecular weight is 283 g/mol. The summed E-state index contributed by atoms with van der Waals surface area (Å²) in [5.41, 5.74) is 8.17. The number of nitrogens with two attached hydrogens (primary N) is 1. The summed E-state index contributed by atoms with van der Waals surface area (Å²) in [6.07, 6.45) is 2.66. The highest BCUT2D eigenvalue weighted by Crippen LogP contribution is 2.38. The fourth-order valence-corrected chi connectivity index (χ4v) is 2.76. The lowest BCUT2D eigenvalue weighted by Crippen LogP contribution is -2.38. The van der Waals surface area contributed by atoms with E-state index in [0.29, 0.717) is 12.6 Å². The standard InChI is InChI=1S/C15H23ClN2O/c1-11(12-3-4-12)18(7-8-19-2)15-6-5-14(16)9-13(15)10-17/h5-6,9,11-12H,3-4,7-8,10,17H2,1-2H3. The molecule has 0 heterocycles. The summed E-state index contributed by atoms with van der Waals surface area (Å²) in [7, 11) is 1.74. The summed E-state index contributed by atoms with van der Waals surface area (Å²) in [6.45, 7) is 4.42. The van der Waals surface area contributed by atoms with Gasteiger partial charge in [0, 0.05) is 37.0 Å². The lowest BCUT2D eigenvalue weighted by molar-refractivity contribution is 0.202. The zero-order valence-corrected chi connectivity index (χ0v) is 12.5. The van der Waals surface area contributed by atoms with Crippen LogP contribution in [0.15, 0.2) is 18.2 Å². The number of nitrogens with zero attached hydrogens (tertiary/aromatic N) is 1. The van der Waals surface area contributed by atoms with Crippen molar-refractivity contribution < 1.29 is 4.74 Å². The highest BCUT2D eigenvalue weighted by molar-refractivity contribution is 6.30. The van der Waals surface area contributed by atoms with Crippen LogP contribution in [0.3, 0.4) is 0 Å². The fraction of sp³-hybridized carbons (Fsp3) is 0.600. The minimum atomic E-state index is 0.511. The van der Waals surface area contributed by atoms with Gasteiger partial charge < -0.3 is 15.4 Å². The van der Waals surface area contributed by atoms with Crippen molar-refractivity contribution in [1.82, 2.24) is 0 Å². The van der Waals surface area contributed by atoms with Crippen LogP contribution in [0.1, 0.15) is 25.3 Å². The molecule has 2 N–H and O–H groups in total. The highest BCUT2D eigenvalue weighted by atomic mass is 35.5. The quantitative estimate of drug-likeness (QED) is 0.835. The summed E-state index contributed by atoms with van der Waals surface area (Å²) in [5, 5.41) is 0.745. The minimum absolute atomic E-state index is 0.511. The van der Waals surface area contributed by atoms with Gasteiger partial charge in [0.2, 0.25) is 0 Å². The molecule has 1 unspecified atom stereocenters. The molecule has 0 bridgehead atoms. The van der Waals surface area contributed by atoms with E-state index in [2.05, 4.69) is 17.9 Å². The molecule has 3 nitrogen and oxygen atoms in total. The number of methoxy groups -OCH3 is 1. The molecule has 2 rings (SSSR count). The van der Waals surface area contributed by atoms with Crippen LogP contribution in [-0.2, 0) is 11.3 Å². The molecule has 1 aliphatic rings. The number of ether oxygens (including phenoxy) is 1. The van der Waals surface area contributed by atoms with Crippen LogP contribution in [-0.4, -0.2) is 26.3 Å². The van der Waals surface area contributed by atoms with E-state index in [9.17, 15) is 0 Å². The Hall–Kier alpha value is -0.770. The summed E-state index contributed by atoms with van der Waals surface area (Å²) in [6, 6.07) is 6.52. The molecule has 1 aliphatic carbocycles. The van der Waals surface area contributed by atoms with Gasteiger partial charge in [0.05, 0.1) is 6.61 Å². The molecular weight excluding hydrogens is 260 g/mol. The van der Waals surface area contributed by atoms with Crippen molar-refractivity contribution in [3.05, 3.63) is 28.8 Å². The monoisotopic (exact) mass is 282 g/mol. The van der Waals surface area contributed by atoms with Crippen molar-refractivity contribution in [3.8, 4) is 0 Å². The Labute approximate surface area is 120 Å². The number of anilines is 1. The number of halogens is 1. The molecule has 1 fully saturated rings. The largest absolute Gasteiger partial charge is 0.383 e. The summed E-state index contributed by atoms with van der Waals surface area (Å²) in [4.78, 5) is 2.42. The molecule has 1 saturated carbocycles. The normalized spacial score (nSPS) is 16.4. The topological polar surface area (TPSA) is 38.5 Å². The van der Waals surface area contributed by atoms with Crippen molar-refractivity contribution in [2.45, 2.75) is 32.4 Å². The SMILES string of the molecule is COCCN(c1ccc(Cl)cc1CN)C(C)C1CC1. The third-order valence-electron chi connectivity index (χ3n) is 3.90. The first-order valence-electron chi connectivity index (χ1n) is 6.91. The maximum atomic E-state index is 6.06. The highest BCUT2D eigenvalue weighted by Gasteiger charge is 2.32. The van der Waals surface area contributed by atoms with Crippen LogP contribution >= 0.6 is 11.6 Å². The van der Waals surface area contributed by atoms with Crippen molar-refractivity contribution in [1.29, 1.82) is 0 Å². The van der Waals surface area contributed by atoms with Crippen LogP contribution < -0.4 is 10.6 Å². The second kappa shape index (κ2) is 6.60. The maximum absolute atomic E-state index is 6.06. The first-order chi connectivity index (χ1) is 9.17. The summed E-state index contributed by atoms with van der Waals surface area (Å²) < 4.78 is 5.24. The number of hydrogen-bond donors (Lipinski definition) is 1. The zero-order chi connectivity index (χ0) is 13.8. The smallest absolute Gasteiger partial charge is 0.0637 e. The molecule has 1 atom stereocenters. The molecule has 0 aromatic heterocycles. The van der Waals surface area contributed by atoms with E-state index in [1.807, 2.05) is 12.1 Å². The first-order valence-corrected chi connectivity index (χ1v) is 7.29. The molecule has 0 aliphatic heterocycles. The van der Waals surface area contributed by atoms with Gasteiger partial charge in [-0.2, -0.15) is 0 Å². The molecule has 106 valence electrons. The minimum Gasteiger partial charge on any atom is -0.383 e. The third kappa shape index (κ3) is 3.62. The van der Waals surface area contributed by atoms with Crippen LogP contribution in [0.2, 0.25) is 5.02 Å². The molecule has 19 heavy (non-hydrogen) atoms. The number of benzene rings is 1. The van der Waals surface area contributed by atoms with Gasteiger partial charge in [-0.25, -0.2) is 0 Å². The average Bonchev–Trinajstić information content (AvgIpc) is 3.24. The van der Waals surface area contributed by atoms with Crippen molar-refractivity contribution >= 4 is 17.3 Å². The van der Waals surface area contributed by atoms with E-state index >= 15 is 0 Å². The number of rotatable bonds is 7. The second-order valence-corrected chi connectivity index (χ2v) is 5.68. The van der Waals surface area contributed by atoms with Crippen molar-refractivity contribution in [3.63, 3.8) is 0 Å². The van der Waals surface area contributed by atoms with E-state index < -0.39 is 0 Å². The lowest BCUT2D eigenvalue weighted by Gasteiger charge is -2.33. The van der Waals surface area contributed by atoms with Crippen LogP contribution in [0, 0.1) is 5.92 Å². The molecular formula is C15H23ClN2O. The predicted molar refractivity (Wildman–Crippen MR) is 80.8 cm³/mol. The Bertz CT molecular complexity index is 421. The third-order valence-corrected chi connectivity index (χ3v) is 4.14. The molecule has 0 amide bonds. The van der Waals surface area contributed by atoms with Gasteiger partial charge >= 0.3 is 0 Å². The van der Waals surface area contributed by atoms with Gasteiger partial charge in [0.25, 0.3) is 0 Å². The Morgan fingerprint density at radius 3 is 2.79 bits per heavy atom. The molecule has 0 spiro atoms. The van der Waals surface area contributed by atoms with Gasteiger partial charge in [-0.15, -0.1) is 0 Å². The molecule has 4 heteroatoms. The molecule has 0 saturated heterocycles. The van der Waals surface area contributed by atoms with Gasteiger partial charge in [-0.3, -0.25) is 0 Å². The summed E-state index contributed by atoms with van der Waals surface area (Å²) >= 11 is 6.06. The van der Waals surface area contributed by atoms with Crippen molar-refractivity contribution in [2.24, 2.45) is 11.7 Å². The molecule has 0 radical (unpaired) electrons. The van der Waals surface area contributed by atoms with E-state index in [1.54, 1.807) is 7.11 Å². The van der Waals surface area contributed by atoms with E-state index in [4.69, 9.17) is 22.1 Å². The second-order valence-electron chi connectivity index (χ2n) is 5.24. The summed E-state index contributed by atoms with van der Waals surface area (Å²) in [5.74, 6) is 0.804. The Balaban J connectivity index is 2.25. The van der Waals surface area contributed by atoms with Gasteiger partial charge in [-0.05, 0) is 49.4 Å². The molecule has 1 aromatic rings. The maximum Gasteiger partial charge on any atom is 0.0637 e. The predicted octanol–water partition coefficient (Wildman–Crippen LogP) is 3.05. The lowest BCUT2D eigenvalue weighted by atomic mass is 10.1. The molecule has 1 aromatic carbocycles. The first kappa shape index (κ1) is 14.6. The Morgan fingerprint density at radius 2 is 2.21 bits per heavy atom. The van der Waals surface area contributed by atoms with Gasteiger partial charge in [0.1, 0.15) is 0 Å². The Kier molecular flexibility index (Phi) is 5.08. The van der Waals surface area contributed by atoms with Crippen LogP contribution in [0.25, 0.3) is 0 Å². The van der Waals surface area contributed by atoms with Crippen LogP contribution in [0.4, 0.5) is 5.69 Å². The van der Waals surface area contributed by atoms with Gasteiger partial charge in [0.15, 0.2) is 0 Å². The van der Waals surface area contributed by atoms with Crippen molar-refractivity contribution in [2.75, 3.05) is 25.2 Å². The number of hydrogen-bond acceptors (Lipinski definition) is 3. The van der Waals surface area contributed by atoms with E-state index in [-0.39, 0.29) is 0 Å². The Morgan fingerprint density at radius 1 is 1.47 bits per heavy atom.